The Kier molecular flexibility index (Phi) is 3.82. The number of hydrogen-bond acceptors (Lipinski definition) is 3. The minimum Gasteiger partial charge on any atom is -0.270 e. The summed E-state index contributed by atoms with van der Waals surface area (Å²) in [6, 6.07) is 19.6. The Labute approximate surface area is 135 Å². The van der Waals surface area contributed by atoms with Crippen molar-refractivity contribution in [3.63, 3.8) is 0 Å². The molecule has 3 aromatic rings. The molecule has 0 radical (unpaired) electrons. The first kappa shape index (κ1) is 15.2. The predicted molar refractivity (Wildman–Crippen MR) is 91.0 cm³/mol. The predicted octanol–water partition coefficient (Wildman–Crippen LogP) is 4.30. The van der Waals surface area contributed by atoms with Gasteiger partial charge in [-0.05, 0) is 0 Å². The van der Waals surface area contributed by atoms with Gasteiger partial charge < -0.3 is 0 Å². The highest BCUT2D eigenvalue weighted by atomic mass is 16.2. The van der Waals surface area contributed by atoms with Crippen molar-refractivity contribution in [2.45, 2.75) is 20.8 Å². The number of hydrogen-bond donors (Lipinski definition) is 0. The topological polar surface area (TPSA) is 47.8 Å². The van der Waals surface area contributed by atoms with Crippen molar-refractivity contribution in [1.82, 2.24) is 15.0 Å². The van der Waals surface area contributed by atoms with Gasteiger partial charge in [0, 0.05) is 16.5 Å². The molecule has 0 N–H and O–H groups in total. The lowest BCUT2D eigenvalue weighted by atomic mass is 9.96. The van der Waals surface area contributed by atoms with Gasteiger partial charge in [-0.3, -0.25) is 4.79 Å². The first-order chi connectivity index (χ1) is 11.0. The third kappa shape index (κ3) is 3.06. The molecule has 0 unspecified atom stereocenters. The number of nitrogens with zero attached hydrogens (tertiary/aromatic N) is 3. The van der Waals surface area contributed by atoms with E-state index in [0.717, 1.165) is 22.5 Å². The van der Waals surface area contributed by atoms with Crippen molar-refractivity contribution < 1.29 is 4.79 Å². The molecule has 116 valence electrons. The van der Waals surface area contributed by atoms with Gasteiger partial charge in [-0.1, -0.05) is 81.4 Å². The average molecular weight is 305 g/mol. The Morgan fingerprint density at radius 2 is 1.17 bits per heavy atom. The molecule has 0 spiro atoms. The highest BCUT2D eigenvalue weighted by Gasteiger charge is 2.27. The van der Waals surface area contributed by atoms with E-state index in [1.165, 1.54) is 4.80 Å². The van der Waals surface area contributed by atoms with E-state index in [4.69, 9.17) is 0 Å². The summed E-state index contributed by atoms with van der Waals surface area (Å²) in [6.45, 7) is 5.59. The lowest BCUT2D eigenvalue weighted by molar-refractivity contribution is 0.0728. The number of benzene rings is 2. The van der Waals surface area contributed by atoms with Crippen LogP contribution < -0.4 is 0 Å². The van der Waals surface area contributed by atoms with Crippen molar-refractivity contribution in [3.8, 4) is 22.5 Å². The van der Waals surface area contributed by atoms with Crippen molar-refractivity contribution in [1.29, 1.82) is 0 Å². The third-order valence-electron chi connectivity index (χ3n) is 3.53. The fourth-order valence-electron chi connectivity index (χ4n) is 2.28. The van der Waals surface area contributed by atoms with Crippen LogP contribution in [-0.4, -0.2) is 20.9 Å². The summed E-state index contributed by atoms with van der Waals surface area (Å²) >= 11 is 0. The van der Waals surface area contributed by atoms with Crippen LogP contribution in [0.2, 0.25) is 0 Å². The molecule has 0 saturated heterocycles. The molecule has 4 heteroatoms. The summed E-state index contributed by atoms with van der Waals surface area (Å²) in [7, 11) is 0. The maximum Gasteiger partial charge on any atom is 0.269 e. The zero-order chi connectivity index (χ0) is 16.4. The van der Waals surface area contributed by atoms with Gasteiger partial charge in [0.2, 0.25) is 0 Å². The standard InChI is InChI=1S/C19H19N3O/c1-19(2,3)18(23)22-20-16(14-10-6-4-7-11-14)17(21-22)15-12-8-5-9-13-15/h4-13H,1-3H3. The van der Waals surface area contributed by atoms with E-state index in [1.807, 2.05) is 81.4 Å². The van der Waals surface area contributed by atoms with Crippen molar-refractivity contribution in [2.75, 3.05) is 0 Å². The first-order valence-corrected chi connectivity index (χ1v) is 7.60. The van der Waals surface area contributed by atoms with E-state index in [0.29, 0.717) is 0 Å². The van der Waals surface area contributed by atoms with E-state index < -0.39 is 5.41 Å². The Bertz CT molecular complexity index is 758. The highest BCUT2D eigenvalue weighted by molar-refractivity contribution is 5.85. The first-order valence-electron chi connectivity index (χ1n) is 7.60. The maximum absolute atomic E-state index is 12.5. The molecule has 0 fully saturated rings. The van der Waals surface area contributed by atoms with Crippen molar-refractivity contribution >= 4 is 5.91 Å². The maximum atomic E-state index is 12.5. The molecule has 0 aliphatic carbocycles. The number of carbonyl (C=O) groups excluding carboxylic acids is 1. The smallest absolute Gasteiger partial charge is 0.269 e. The van der Waals surface area contributed by atoms with Gasteiger partial charge in [0.25, 0.3) is 5.91 Å². The van der Waals surface area contributed by atoms with Gasteiger partial charge in [0.1, 0.15) is 11.4 Å². The largest absolute Gasteiger partial charge is 0.270 e. The van der Waals surface area contributed by atoms with Crippen molar-refractivity contribution in [2.24, 2.45) is 5.41 Å². The Balaban J connectivity index is 2.18. The zero-order valence-corrected chi connectivity index (χ0v) is 13.5. The molecular formula is C19H19N3O. The van der Waals surface area contributed by atoms with E-state index in [-0.39, 0.29) is 5.91 Å². The van der Waals surface area contributed by atoms with Gasteiger partial charge in [0.05, 0.1) is 0 Å². The average Bonchev–Trinajstić information content (AvgIpc) is 3.00. The van der Waals surface area contributed by atoms with Gasteiger partial charge in [-0.2, -0.15) is 0 Å². The normalized spacial score (nSPS) is 11.4. The molecule has 0 amide bonds. The SMILES string of the molecule is CC(C)(C)C(=O)n1nc(-c2ccccc2)c(-c2ccccc2)n1. The molecule has 0 aliphatic rings. The third-order valence-corrected chi connectivity index (χ3v) is 3.53. The van der Waals surface area contributed by atoms with Crippen LogP contribution in [-0.2, 0) is 0 Å². The van der Waals surface area contributed by atoms with E-state index in [9.17, 15) is 4.79 Å². The molecule has 3 rings (SSSR count). The molecule has 0 bridgehead atoms. The van der Waals surface area contributed by atoms with Crippen LogP contribution >= 0.6 is 0 Å². The Hall–Kier alpha value is -2.75. The quantitative estimate of drug-likeness (QED) is 0.709. The van der Waals surface area contributed by atoms with Crippen LogP contribution in [0.15, 0.2) is 60.7 Å². The van der Waals surface area contributed by atoms with E-state index in [2.05, 4.69) is 10.2 Å². The number of aromatic nitrogens is 3. The minimum atomic E-state index is -0.541. The van der Waals surface area contributed by atoms with Gasteiger partial charge in [-0.15, -0.1) is 15.0 Å². The molecule has 1 aromatic heterocycles. The van der Waals surface area contributed by atoms with Crippen molar-refractivity contribution in [3.05, 3.63) is 60.7 Å². The Morgan fingerprint density at radius 3 is 1.52 bits per heavy atom. The molecule has 0 saturated carbocycles. The zero-order valence-electron chi connectivity index (χ0n) is 13.5. The van der Waals surface area contributed by atoms with Crippen LogP contribution in [0.5, 0.6) is 0 Å². The van der Waals surface area contributed by atoms with Gasteiger partial charge >= 0.3 is 0 Å². The molecule has 0 atom stereocenters. The second-order valence-corrected chi connectivity index (χ2v) is 6.47. The molecule has 2 aromatic carbocycles. The van der Waals surface area contributed by atoms with E-state index in [1.54, 1.807) is 0 Å². The lowest BCUT2D eigenvalue weighted by Crippen LogP contribution is -2.28. The lowest BCUT2D eigenvalue weighted by Gasteiger charge is -2.14. The van der Waals surface area contributed by atoms with Crippen LogP contribution in [0.25, 0.3) is 22.5 Å². The van der Waals surface area contributed by atoms with E-state index >= 15 is 0 Å². The molecule has 0 aliphatic heterocycles. The fourth-order valence-corrected chi connectivity index (χ4v) is 2.28. The van der Waals surface area contributed by atoms with Crippen LogP contribution in [0.1, 0.15) is 25.6 Å². The summed E-state index contributed by atoms with van der Waals surface area (Å²) in [6.07, 6.45) is 0. The molecule has 4 nitrogen and oxygen atoms in total. The van der Waals surface area contributed by atoms with Crippen LogP contribution in [0, 0.1) is 5.41 Å². The molecular weight excluding hydrogens is 286 g/mol. The second-order valence-electron chi connectivity index (χ2n) is 6.47. The van der Waals surface area contributed by atoms with Crippen LogP contribution in [0.4, 0.5) is 0 Å². The fraction of sp³-hybridized carbons (Fsp3) is 0.211. The summed E-state index contributed by atoms with van der Waals surface area (Å²) in [5.41, 5.74) is 2.78. The molecule has 23 heavy (non-hydrogen) atoms. The summed E-state index contributed by atoms with van der Waals surface area (Å²) in [4.78, 5) is 13.8. The summed E-state index contributed by atoms with van der Waals surface area (Å²) < 4.78 is 0. The van der Waals surface area contributed by atoms with Gasteiger partial charge in [0.15, 0.2) is 0 Å². The molecule has 1 heterocycles. The van der Waals surface area contributed by atoms with Gasteiger partial charge in [-0.25, -0.2) is 0 Å². The minimum absolute atomic E-state index is 0.128. The Morgan fingerprint density at radius 1 is 0.783 bits per heavy atom. The number of rotatable bonds is 2. The second kappa shape index (κ2) is 5.80. The summed E-state index contributed by atoms with van der Waals surface area (Å²) in [5.74, 6) is -0.128. The van der Waals surface area contributed by atoms with Crippen LogP contribution in [0.3, 0.4) is 0 Å². The highest BCUT2D eigenvalue weighted by Crippen LogP contribution is 2.29. The number of carbonyl (C=O) groups is 1. The summed E-state index contributed by atoms with van der Waals surface area (Å²) in [5, 5.41) is 8.96. The monoisotopic (exact) mass is 305 g/mol.